The second-order valence-corrected chi connectivity index (χ2v) is 6.97. The van der Waals surface area contributed by atoms with E-state index in [1.807, 2.05) is 19.1 Å². The summed E-state index contributed by atoms with van der Waals surface area (Å²) in [6.45, 7) is 6.27. The number of anilines is 1. The predicted molar refractivity (Wildman–Crippen MR) is 120 cm³/mol. The van der Waals surface area contributed by atoms with Crippen LogP contribution in [0.15, 0.2) is 66.2 Å². The Balaban J connectivity index is 1.59. The van der Waals surface area contributed by atoms with Crippen LogP contribution < -0.4 is 20.3 Å². The average Bonchev–Trinajstić information content (AvgIpc) is 3.20. The van der Waals surface area contributed by atoms with E-state index in [9.17, 15) is 4.79 Å². The molecule has 0 saturated heterocycles. The van der Waals surface area contributed by atoms with E-state index in [-0.39, 0.29) is 11.3 Å². The lowest BCUT2D eigenvalue weighted by Crippen LogP contribution is -2.17. The zero-order chi connectivity index (χ0) is 21.8. The number of rotatable bonds is 8. The summed E-state index contributed by atoms with van der Waals surface area (Å²) in [7, 11) is 0. The van der Waals surface area contributed by atoms with Gasteiger partial charge in [-0.1, -0.05) is 18.2 Å². The SMILES string of the molecule is C=COc1ccc(-c2nc3nc(CNc4cc(Cl)ccc4OCC)cc(=O)n3[nH]2)cc1. The number of H-pyrrole nitrogens is 1. The molecule has 0 aliphatic rings. The molecule has 0 aliphatic carbocycles. The van der Waals surface area contributed by atoms with Gasteiger partial charge in [-0.15, -0.1) is 0 Å². The van der Waals surface area contributed by atoms with Crippen LogP contribution in [0.1, 0.15) is 12.6 Å². The molecule has 0 radical (unpaired) electrons. The Kier molecular flexibility index (Phi) is 5.90. The molecule has 4 aromatic rings. The molecule has 0 atom stereocenters. The summed E-state index contributed by atoms with van der Waals surface area (Å²) >= 11 is 6.10. The van der Waals surface area contributed by atoms with Crippen molar-refractivity contribution in [3.05, 3.63) is 82.4 Å². The molecule has 31 heavy (non-hydrogen) atoms. The Bertz CT molecular complexity index is 1280. The maximum absolute atomic E-state index is 12.6. The lowest BCUT2D eigenvalue weighted by molar-refractivity contribution is 0.341. The zero-order valence-corrected chi connectivity index (χ0v) is 17.5. The van der Waals surface area contributed by atoms with Crippen molar-refractivity contribution in [1.29, 1.82) is 0 Å². The maximum atomic E-state index is 12.6. The van der Waals surface area contributed by atoms with Gasteiger partial charge in [-0.25, -0.2) is 4.98 Å². The number of ether oxygens (including phenoxy) is 2. The number of aromatic nitrogens is 4. The molecule has 0 bridgehead atoms. The minimum Gasteiger partial charge on any atom is -0.492 e. The van der Waals surface area contributed by atoms with E-state index in [1.165, 1.54) is 16.8 Å². The summed E-state index contributed by atoms with van der Waals surface area (Å²) in [5, 5.41) is 6.78. The van der Waals surface area contributed by atoms with Crippen LogP contribution in [0, 0.1) is 0 Å². The fourth-order valence-electron chi connectivity index (χ4n) is 3.04. The summed E-state index contributed by atoms with van der Waals surface area (Å²) in [6.07, 6.45) is 1.36. The summed E-state index contributed by atoms with van der Waals surface area (Å²) in [5.74, 6) is 2.14. The van der Waals surface area contributed by atoms with Crippen molar-refractivity contribution >= 4 is 23.1 Å². The van der Waals surface area contributed by atoms with Gasteiger partial charge in [-0.2, -0.15) is 9.50 Å². The van der Waals surface area contributed by atoms with Crippen LogP contribution in [-0.4, -0.2) is 26.2 Å². The summed E-state index contributed by atoms with van der Waals surface area (Å²) in [6, 6.07) is 14.0. The molecular weight excluding hydrogens is 418 g/mol. The molecule has 0 fully saturated rings. The largest absolute Gasteiger partial charge is 0.492 e. The Morgan fingerprint density at radius 2 is 2.00 bits per heavy atom. The highest BCUT2D eigenvalue weighted by Gasteiger charge is 2.11. The van der Waals surface area contributed by atoms with Crippen LogP contribution in [0.3, 0.4) is 0 Å². The first kappa shape index (κ1) is 20.5. The van der Waals surface area contributed by atoms with Gasteiger partial charge in [0.1, 0.15) is 11.5 Å². The number of hydrogen-bond acceptors (Lipinski definition) is 6. The lowest BCUT2D eigenvalue weighted by Gasteiger charge is -2.12. The van der Waals surface area contributed by atoms with Crippen LogP contribution in [0.25, 0.3) is 17.2 Å². The number of fused-ring (bicyclic) bond motifs is 1. The van der Waals surface area contributed by atoms with Gasteiger partial charge in [-0.3, -0.25) is 9.89 Å². The van der Waals surface area contributed by atoms with Crippen molar-refractivity contribution in [2.45, 2.75) is 13.5 Å². The van der Waals surface area contributed by atoms with Gasteiger partial charge in [-0.05, 0) is 49.4 Å². The van der Waals surface area contributed by atoms with Gasteiger partial charge in [0.15, 0.2) is 5.82 Å². The summed E-state index contributed by atoms with van der Waals surface area (Å²) in [4.78, 5) is 21.5. The first-order valence-electron chi connectivity index (χ1n) is 9.60. The lowest BCUT2D eigenvalue weighted by atomic mass is 10.2. The van der Waals surface area contributed by atoms with Crippen molar-refractivity contribution in [2.75, 3.05) is 11.9 Å². The fraction of sp³-hybridized carbons (Fsp3) is 0.136. The predicted octanol–water partition coefficient (Wildman–Crippen LogP) is 4.27. The minimum atomic E-state index is -0.261. The Morgan fingerprint density at radius 1 is 1.19 bits per heavy atom. The normalized spacial score (nSPS) is 10.8. The zero-order valence-electron chi connectivity index (χ0n) is 16.8. The molecule has 2 aromatic heterocycles. The van der Waals surface area contributed by atoms with Crippen LogP contribution in [-0.2, 0) is 6.54 Å². The van der Waals surface area contributed by atoms with Gasteiger partial charge in [0.25, 0.3) is 11.3 Å². The van der Waals surface area contributed by atoms with E-state index in [4.69, 9.17) is 21.1 Å². The Hall–Kier alpha value is -3.78. The number of aromatic amines is 1. The highest BCUT2D eigenvalue weighted by atomic mass is 35.5. The highest BCUT2D eigenvalue weighted by Crippen LogP contribution is 2.28. The van der Waals surface area contributed by atoms with Gasteiger partial charge in [0.2, 0.25) is 0 Å². The third-order valence-corrected chi connectivity index (χ3v) is 4.67. The van der Waals surface area contributed by atoms with E-state index < -0.39 is 0 Å². The van der Waals surface area contributed by atoms with Crippen molar-refractivity contribution in [1.82, 2.24) is 19.6 Å². The Morgan fingerprint density at radius 3 is 2.74 bits per heavy atom. The molecule has 0 amide bonds. The van der Waals surface area contributed by atoms with Crippen molar-refractivity contribution in [3.8, 4) is 22.9 Å². The summed E-state index contributed by atoms with van der Waals surface area (Å²) in [5.41, 5.74) is 1.80. The number of nitrogens with zero attached hydrogens (tertiary/aromatic N) is 3. The second kappa shape index (κ2) is 8.93. The first-order chi connectivity index (χ1) is 15.1. The highest BCUT2D eigenvalue weighted by molar-refractivity contribution is 6.30. The molecule has 0 aliphatic heterocycles. The molecule has 2 aromatic carbocycles. The van der Waals surface area contributed by atoms with Crippen LogP contribution in [0.2, 0.25) is 5.02 Å². The number of benzene rings is 2. The van der Waals surface area contributed by atoms with Crippen LogP contribution in [0.4, 0.5) is 5.69 Å². The second-order valence-electron chi connectivity index (χ2n) is 6.53. The third kappa shape index (κ3) is 4.54. The van der Waals surface area contributed by atoms with Crippen molar-refractivity contribution in [2.24, 2.45) is 0 Å². The monoisotopic (exact) mass is 437 g/mol. The first-order valence-corrected chi connectivity index (χ1v) is 9.98. The minimum absolute atomic E-state index is 0.261. The van der Waals surface area contributed by atoms with Gasteiger partial charge in [0, 0.05) is 16.7 Å². The van der Waals surface area contributed by atoms with E-state index in [0.717, 1.165) is 11.3 Å². The van der Waals surface area contributed by atoms with Gasteiger partial charge in [0.05, 0.1) is 30.8 Å². The van der Waals surface area contributed by atoms with Gasteiger partial charge >= 0.3 is 0 Å². The topological polar surface area (TPSA) is 93.5 Å². The molecule has 0 unspecified atom stereocenters. The van der Waals surface area contributed by atoms with E-state index in [0.29, 0.717) is 41.2 Å². The number of halogens is 1. The molecular formula is C22H20ClN5O3. The average molecular weight is 438 g/mol. The quantitative estimate of drug-likeness (QED) is 0.400. The Labute approximate surface area is 183 Å². The molecule has 2 heterocycles. The van der Waals surface area contributed by atoms with E-state index in [2.05, 4.69) is 27.0 Å². The molecule has 2 N–H and O–H groups in total. The molecule has 8 nitrogen and oxygen atoms in total. The van der Waals surface area contributed by atoms with Crippen LogP contribution in [0.5, 0.6) is 11.5 Å². The third-order valence-electron chi connectivity index (χ3n) is 4.43. The summed E-state index contributed by atoms with van der Waals surface area (Å²) < 4.78 is 12.1. The van der Waals surface area contributed by atoms with E-state index in [1.54, 1.807) is 30.3 Å². The number of hydrogen-bond donors (Lipinski definition) is 2. The molecule has 0 spiro atoms. The smallest absolute Gasteiger partial charge is 0.274 e. The molecule has 0 saturated carbocycles. The standard InChI is InChI=1S/C22H20ClN5O3/c1-3-30-17-8-5-14(6-9-17)21-26-22-25-16(12-20(29)28(22)27-21)13-24-18-11-15(23)7-10-19(18)31-4-2/h3,5-12,24H,1,4,13H2,2H3,(H,25,26,27). The fourth-order valence-corrected chi connectivity index (χ4v) is 3.21. The number of nitrogens with one attached hydrogen (secondary N) is 2. The van der Waals surface area contributed by atoms with Crippen molar-refractivity contribution in [3.63, 3.8) is 0 Å². The maximum Gasteiger partial charge on any atom is 0.274 e. The molecule has 4 rings (SSSR count). The molecule has 158 valence electrons. The van der Waals surface area contributed by atoms with Crippen LogP contribution >= 0.6 is 11.6 Å². The van der Waals surface area contributed by atoms with Gasteiger partial charge < -0.3 is 14.8 Å². The van der Waals surface area contributed by atoms with Crippen molar-refractivity contribution < 1.29 is 9.47 Å². The molecule has 9 heteroatoms. The van der Waals surface area contributed by atoms with E-state index >= 15 is 0 Å².